The van der Waals surface area contributed by atoms with E-state index >= 15 is 0 Å². The lowest BCUT2D eigenvalue weighted by Crippen LogP contribution is -2.38. The third-order valence-electron chi connectivity index (χ3n) is 4.23. The van der Waals surface area contributed by atoms with Gasteiger partial charge in [-0.3, -0.25) is 4.68 Å². The molecule has 1 aromatic carbocycles. The van der Waals surface area contributed by atoms with E-state index in [9.17, 15) is 0 Å². The molecule has 21 heavy (non-hydrogen) atoms. The van der Waals surface area contributed by atoms with Gasteiger partial charge in [0.25, 0.3) is 0 Å². The summed E-state index contributed by atoms with van der Waals surface area (Å²) < 4.78 is 8.04. The van der Waals surface area contributed by atoms with E-state index in [-0.39, 0.29) is 12.1 Å². The van der Waals surface area contributed by atoms with E-state index in [2.05, 4.69) is 47.8 Å². The minimum absolute atomic E-state index is 0.116. The van der Waals surface area contributed by atoms with Gasteiger partial charge in [0.2, 0.25) is 0 Å². The molecule has 2 aromatic rings. The molecule has 4 heteroatoms. The van der Waals surface area contributed by atoms with Gasteiger partial charge >= 0.3 is 0 Å². The van der Waals surface area contributed by atoms with Crippen LogP contribution in [0.5, 0.6) is 0 Å². The molecular formula is C17H23N3O. The number of hydrogen-bond donors (Lipinski definition) is 1. The highest BCUT2D eigenvalue weighted by Crippen LogP contribution is 2.30. The number of fused-ring (bicyclic) bond motifs is 1. The molecular weight excluding hydrogens is 262 g/mol. The van der Waals surface area contributed by atoms with Crippen LogP contribution in [-0.4, -0.2) is 29.5 Å². The first-order chi connectivity index (χ1) is 10.3. The molecule has 1 N–H and O–H groups in total. The van der Waals surface area contributed by atoms with Crippen molar-refractivity contribution in [3.05, 3.63) is 53.3 Å². The monoisotopic (exact) mass is 285 g/mol. The van der Waals surface area contributed by atoms with Gasteiger partial charge in [-0.05, 0) is 43.5 Å². The third kappa shape index (κ3) is 3.01. The zero-order valence-electron chi connectivity index (χ0n) is 12.7. The normalized spacial score (nSPS) is 19.2. The average Bonchev–Trinajstić information content (AvgIpc) is 3.00. The number of nitrogens with zero attached hydrogens (tertiary/aromatic N) is 2. The van der Waals surface area contributed by atoms with Crippen molar-refractivity contribution in [1.82, 2.24) is 15.1 Å². The number of benzene rings is 1. The van der Waals surface area contributed by atoms with Crippen LogP contribution in [0.3, 0.4) is 0 Å². The van der Waals surface area contributed by atoms with Crippen molar-refractivity contribution in [1.29, 1.82) is 0 Å². The zero-order chi connectivity index (χ0) is 14.7. The quantitative estimate of drug-likeness (QED) is 0.916. The molecule has 0 spiro atoms. The fourth-order valence-corrected chi connectivity index (χ4v) is 3.06. The number of aryl methyl sites for hydroxylation is 1. The van der Waals surface area contributed by atoms with Crippen LogP contribution in [0.4, 0.5) is 0 Å². The molecule has 0 saturated carbocycles. The van der Waals surface area contributed by atoms with Crippen molar-refractivity contribution in [3.63, 3.8) is 0 Å². The Morgan fingerprint density at radius 2 is 2.29 bits per heavy atom. The maximum atomic E-state index is 6.07. The molecule has 2 heterocycles. The van der Waals surface area contributed by atoms with E-state index in [0.717, 1.165) is 26.0 Å². The fourth-order valence-electron chi connectivity index (χ4n) is 3.06. The molecule has 0 aliphatic carbocycles. The summed E-state index contributed by atoms with van der Waals surface area (Å²) in [5.74, 6) is 0. The first-order valence-corrected chi connectivity index (χ1v) is 7.69. The van der Waals surface area contributed by atoms with Crippen LogP contribution in [0.1, 0.15) is 29.7 Å². The Hall–Kier alpha value is -1.65. The van der Waals surface area contributed by atoms with Gasteiger partial charge in [-0.1, -0.05) is 24.3 Å². The molecule has 1 aromatic heterocycles. The molecule has 0 bridgehead atoms. The zero-order valence-corrected chi connectivity index (χ0v) is 12.7. The van der Waals surface area contributed by atoms with Gasteiger partial charge in [0.1, 0.15) is 0 Å². The van der Waals surface area contributed by atoms with Gasteiger partial charge in [0.15, 0.2) is 0 Å². The van der Waals surface area contributed by atoms with E-state index in [1.165, 1.54) is 16.7 Å². The number of nitrogens with one attached hydrogen (secondary N) is 1. The lowest BCUT2D eigenvalue weighted by Gasteiger charge is -2.32. The first-order valence-electron chi connectivity index (χ1n) is 7.69. The fraction of sp³-hybridized carbons (Fsp3) is 0.471. The van der Waals surface area contributed by atoms with Gasteiger partial charge in [0.05, 0.1) is 18.9 Å². The number of hydrogen-bond acceptors (Lipinski definition) is 3. The van der Waals surface area contributed by atoms with Crippen LogP contribution < -0.4 is 5.32 Å². The van der Waals surface area contributed by atoms with Crippen LogP contribution in [0.25, 0.3) is 0 Å². The number of rotatable bonds is 5. The molecule has 1 aliphatic rings. The van der Waals surface area contributed by atoms with Gasteiger partial charge in [0, 0.05) is 18.8 Å². The van der Waals surface area contributed by atoms with Gasteiger partial charge in [-0.15, -0.1) is 0 Å². The van der Waals surface area contributed by atoms with E-state index in [4.69, 9.17) is 4.74 Å². The molecule has 2 unspecified atom stereocenters. The van der Waals surface area contributed by atoms with Gasteiger partial charge in [-0.2, -0.15) is 5.10 Å². The van der Waals surface area contributed by atoms with Crippen LogP contribution >= 0.6 is 0 Å². The Bertz CT molecular complexity index is 593. The average molecular weight is 285 g/mol. The number of ether oxygens (including phenoxy) is 1. The molecule has 4 nitrogen and oxygen atoms in total. The topological polar surface area (TPSA) is 39.1 Å². The highest BCUT2D eigenvalue weighted by molar-refractivity contribution is 5.32. The van der Waals surface area contributed by atoms with Crippen LogP contribution in [0.2, 0.25) is 0 Å². The third-order valence-corrected chi connectivity index (χ3v) is 4.23. The molecule has 1 aliphatic heterocycles. The molecule has 3 rings (SSSR count). The van der Waals surface area contributed by atoms with Crippen molar-refractivity contribution in [2.45, 2.75) is 38.5 Å². The molecule has 0 saturated heterocycles. The Balaban J connectivity index is 1.80. The molecule has 0 fully saturated rings. The maximum Gasteiger partial charge on any atom is 0.0983 e. The second kappa shape index (κ2) is 6.41. The SMILES string of the molecule is CCn1cc(CC(NC)C2OCCc3ccccc32)cn1. The first kappa shape index (κ1) is 14.3. The molecule has 0 radical (unpaired) electrons. The lowest BCUT2D eigenvalue weighted by molar-refractivity contribution is 0.0172. The summed E-state index contributed by atoms with van der Waals surface area (Å²) in [6, 6.07) is 8.88. The minimum Gasteiger partial charge on any atom is -0.372 e. The predicted octanol–water partition coefficient (Wildman–Crippen LogP) is 2.35. The Kier molecular flexibility index (Phi) is 4.36. The van der Waals surface area contributed by atoms with Crippen molar-refractivity contribution < 1.29 is 4.74 Å². The summed E-state index contributed by atoms with van der Waals surface area (Å²) >= 11 is 0. The second-order valence-corrected chi connectivity index (χ2v) is 5.54. The smallest absolute Gasteiger partial charge is 0.0983 e. The van der Waals surface area contributed by atoms with E-state index in [1.807, 2.05) is 17.9 Å². The largest absolute Gasteiger partial charge is 0.372 e. The van der Waals surface area contributed by atoms with Crippen LogP contribution in [0.15, 0.2) is 36.7 Å². The van der Waals surface area contributed by atoms with Crippen molar-refractivity contribution in [2.75, 3.05) is 13.7 Å². The highest BCUT2D eigenvalue weighted by Gasteiger charge is 2.28. The summed E-state index contributed by atoms with van der Waals surface area (Å²) in [4.78, 5) is 0. The Morgan fingerprint density at radius 3 is 3.05 bits per heavy atom. The highest BCUT2D eigenvalue weighted by atomic mass is 16.5. The van der Waals surface area contributed by atoms with Crippen LogP contribution in [-0.2, 0) is 24.1 Å². The standard InChI is InChI=1S/C17H23N3O/c1-3-20-12-13(11-19-20)10-16(18-2)17-15-7-5-4-6-14(15)8-9-21-17/h4-7,11-12,16-18H,3,8-10H2,1-2H3. The van der Waals surface area contributed by atoms with Crippen molar-refractivity contribution in [3.8, 4) is 0 Å². The Morgan fingerprint density at radius 1 is 1.43 bits per heavy atom. The van der Waals surface area contributed by atoms with Crippen molar-refractivity contribution >= 4 is 0 Å². The number of likely N-dealkylation sites (N-methyl/N-ethyl adjacent to an activating group) is 1. The van der Waals surface area contributed by atoms with E-state index in [0.29, 0.717) is 0 Å². The molecule has 112 valence electrons. The molecule has 2 atom stereocenters. The van der Waals surface area contributed by atoms with Crippen molar-refractivity contribution in [2.24, 2.45) is 0 Å². The number of aromatic nitrogens is 2. The second-order valence-electron chi connectivity index (χ2n) is 5.54. The Labute approximate surface area is 126 Å². The summed E-state index contributed by atoms with van der Waals surface area (Å²) in [5, 5.41) is 7.79. The maximum absolute atomic E-state index is 6.07. The summed E-state index contributed by atoms with van der Waals surface area (Å²) in [5.41, 5.74) is 3.99. The summed E-state index contributed by atoms with van der Waals surface area (Å²) in [6.07, 6.45) is 6.14. The minimum atomic E-state index is 0.116. The van der Waals surface area contributed by atoms with E-state index in [1.54, 1.807) is 0 Å². The van der Waals surface area contributed by atoms with Gasteiger partial charge in [-0.25, -0.2) is 0 Å². The van der Waals surface area contributed by atoms with Crippen LogP contribution in [0, 0.1) is 0 Å². The summed E-state index contributed by atoms with van der Waals surface area (Å²) in [7, 11) is 2.01. The molecule has 0 amide bonds. The van der Waals surface area contributed by atoms with Gasteiger partial charge < -0.3 is 10.1 Å². The lowest BCUT2D eigenvalue weighted by atomic mass is 9.91. The summed E-state index contributed by atoms with van der Waals surface area (Å²) in [6.45, 7) is 3.81. The van der Waals surface area contributed by atoms with E-state index < -0.39 is 0 Å². The predicted molar refractivity (Wildman–Crippen MR) is 83.3 cm³/mol.